The molecule has 2 aromatic rings. The molecule has 0 radical (unpaired) electrons. The molecular weight excluding hydrogens is 372 g/mol. The van der Waals surface area contributed by atoms with Gasteiger partial charge < -0.3 is 14.4 Å². The molecule has 1 saturated heterocycles. The van der Waals surface area contributed by atoms with Crippen molar-refractivity contribution in [2.45, 2.75) is 26.7 Å². The summed E-state index contributed by atoms with van der Waals surface area (Å²) in [5.41, 5.74) is 3.79. The zero-order valence-corrected chi connectivity index (χ0v) is 18.3. The van der Waals surface area contributed by atoms with Crippen molar-refractivity contribution in [1.82, 2.24) is 4.90 Å². The molecule has 1 fully saturated rings. The van der Waals surface area contributed by atoms with Gasteiger partial charge in [-0.2, -0.15) is 0 Å². The Morgan fingerprint density at radius 3 is 2.43 bits per heavy atom. The van der Waals surface area contributed by atoms with E-state index in [1.54, 1.807) is 7.11 Å². The summed E-state index contributed by atoms with van der Waals surface area (Å²) in [6.45, 7) is 12.5. The molecule has 2 aromatic carbocycles. The van der Waals surface area contributed by atoms with E-state index in [-0.39, 0.29) is 12.4 Å². The average Bonchev–Trinajstić information content (AvgIpc) is 2.68. The first kappa shape index (κ1) is 22.4. The number of rotatable bonds is 7. The summed E-state index contributed by atoms with van der Waals surface area (Å²) in [6, 6.07) is 14.9. The van der Waals surface area contributed by atoms with Gasteiger partial charge in [-0.1, -0.05) is 32.0 Å². The number of hydrogen-bond acceptors (Lipinski definition) is 4. The largest absolute Gasteiger partial charge is 0.497 e. The molecule has 0 N–H and O–H groups in total. The Labute approximate surface area is 175 Å². The molecule has 0 unspecified atom stereocenters. The summed E-state index contributed by atoms with van der Waals surface area (Å²) in [5.74, 6) is 2.44. The van der Waals surface area contributed by atoms with Crippen molar-refractivity contribution in [2.24, 2.45) is 0 Å². The maximum Gasteiger partial charge on any atom is 0.123 e. The van der Waals surface area contributed by atoms with Gasteiger partial charge in [-0.25, -0.2) is 0 Å². The summed E-state index contributed by atoms with van der Waals surface area (Å²) < 4.78 is 11.5. The fourth-order valence-electron chi connectivity index (χ4n) is 3.57. The monoisotopic (exact) mass is 404 g/mol. The third kappa shape index (κ3) is 5.79. The van der Waals surface area contributed by atoms with Gasteiger partial charge in [0, 0.05) is 44.5 Å². The van der Waals surface area contributed by atoms with Gasteiger partial charge in [0.1, 0.15) is 18.1 Å². The molecule has 154 valence electrons. The second kappa shape index (κ2) is 10.6. The molecule has 5 heteroatoms. The molecule has 0 amide bonds. The van der Waals surface area contributed by atoms with Crippen molar-refractivity contribution < 1.29 is 9.47 Å². The number of ether oxygens (including phenoxy) is 2. The molecule has 0 bridgehead atoms. The van der Waals surface area contributed by atoms with Gasteiger partial charge in [0.05, 0.1) is 7.11 Å². The molecule has 0 spiro atoms. The van der Waals surface area contributed by atoms with Gasteiger partial charge in [-0.15, -0.1) is 12.4 Å². The van der Waals surface area contributed by atoms with E-state index in [1.165, 1.54) is 16.8 Å². The zero-order valence-electron chi connectivity index (χ0n) is 17.5. The van der Waals surface area contributed by atoms with E-state index >= 15 is 0 Å². The summed E-state index contributed by atoms with van der Waals surface area (Å²) in [4.78, 5) is 4.92. The van der Waals surface area contributed by atoms with E-state index in [9.17, 15) is 0 Å². The third-order valence-corrected chi connectivity index (χ3v) is 5.25. The number of halogens is 1. The molecule has 1 aliphatic rings. The van der Waals surface area contributed by atoms with Crippen LogP contribution in [-0.2, 0) is 0 Å². The van der Waals surface area contributed by atoms with Crippen LogP contribution in [0.15, 0.2) is 42.5 Å². The Balaban J connectivity index is 0.00000280. The predicted octanol–water partition coefficient (Wildman–Crippen LogP) is 4.75. The number of anilines is 1. The quantitative estimate of drug-likeness (QED) is 0.664. The van der Waals surface area contributed by atoms with Crippen LogP contribution in [0.3, 0.4) is 0 Å². The second-order valence-electron chi connectivity index (χ2n) is 7.57. The lowest BCUT2D eigenvalue weighted by atomic mass is 10.0. The lowest BCUT2D eigenvalue weighted by Gasteiger charge is -2.36. The van der Waals surface area contributed by atoms with Crippen LogP contribution in [0.4, 0.5) is 5.69 Å². The first-order valence-corrected chi connectivity index (χ1v) is 9.91. The third-order valence-electron chi connectivity index (χ3n) is 5.25. The van der Waals surface area contributed by atoms with Crippen LogP contribution in [0.1, 0.15) is 30.9 Å². The first-order valence-electron chi connectivity index (χ1n) is 9.91. The molecule has 3 rings (SSSR count). The van der Waals surface area contributed by atoms with Gasteiger partial charge >= 0.3 is 0 Å². The van der Waals surface area contributed by atoms with Gasteiger partial charge in [0.15, 0.2) is 0 Å². The minimum atomic E-state index is 0. The highest BCUT2D eigenvalue weighted by Crippen LogP contribution is 2.27. The maximum absolute atomic E-state index is 6.15. The van der Waals surface area contributed by atoms with Crippen LogP contribution in [-0.4, -0.2) is 51.3 Å². The SMILES string of the molecule is COc1cccc(N2CCN(CCOc3cc(C)ccc3C(C)C)CC2)c1.Cl. The summed E-state index contributed by atoms with van der Waals surface area (Å²) in [5, 5.41) is 0. The van der Waals surface area contributed by atoms with Crippen molar-refractivity contribution >= 4 is 18.1 Å². The van der Waals surface area contributed by atoms with Crippen molar-refractivity contribution in [1.29, 1.82) is 0 Å². The molecule has 0 aliphatic carbocycles. The number of hydrogen-bond donors (Lipinski definition) is 0. The number of piperazine rings is 1. The molecule has 0 saturated carbocycles. The number of nitrogens with zero attached hydrogens (tertiary/aromatic N) is 2. The van der Waals surface area contributed by atoms with Crippen LogP contribution in [0.25, 0.3) is 0 Å². The van der Waals surface area contributed by atoms with Gasteiger partial charge in [0.2, 0.25) is 0 Å². The number of benzene rings is 2. The van der Waals surface area contributed by atoms with Crippen molar-refractivity contribution in [2.75, 3.05) is 51.3 Å². The number of methoxy groups -OCH3 is 1. The van der Waals surface area contributed by atoms with Crippen LogP contribution < -0.4 is 14.4 Å². The minimum absolute atomic E-state index is 0. The van der Waals surface area contributed by atoms with Gasteiger partial charge in [-0.05, 0) is 42.2 Å². The molecule has 0 atom stereocenters. The van der Waals surface area contributed by atoms with Crippen LogP contribution >= 0.6 is 12.4 Å². The summed E-state index contributed by atoms with van der Waals surface area (Å²) in [6.07, 6.45) is 0. The molecular formula is C23H33ClN2O2. The van der Waals surface area contributed by atoms with E-state index < -0.39 is 0 Å². The predicted molar refractivity (Wildman–Crippen MR) is 120 cm³/mol. The maximum atomic E-state index is 6.15. The molecule has 0 aromatic heterocycles. The minimum Gasteiger partial charge on any atom is -0.497 e. The molecule has 1 heterocycles. The highest BCUT2D eigenvalue weighted by molar-refractivity contribution is 5.85. The Hall–Kier alpha value is -1.91. The van der Waals surface area contributed by atoms with Crippen LogP contribution in [0, 0.1) is 6.92 Å². The standard InChI is InChI=1S/C23H32N2O2.ClH/c1-18(2)22-9-8-19(3)16-23(22)27-15-14-24-10-12-25(13-11-24)20-6-5-7-21(17-20)26-4;/h5-9,16-18H,10-15H2,1-4H3;1H. The Bertz CT molecular complexity index is 743. The Morgan fingerprint density at radius 2 is 1.75 bits per heavy atom. The fourth-order valence-corrected chi connectivity index (χ4v) is 3.57. The summed E-state index contributed by atoms with van der Waals surface area (Å²) in [7, 11) is 1.72. The molecule has 1 aliphatic heterocycles. The van der Waals surface area contributed by atoms with Gasteiger partial charge in [0.25, 0.3) is 0 Å². The number of aryl methyl sites for hydroxylation is 1. The van der Waals surface area contributed by atoms with Gasteiger partial charge in [-0.3, -0.25) is 4.90 Å². The van der Waals surface area contributed by atoms with E-state index in [1.807, 2.05) is 6.07 Å². The van der Waals surface area contributed by atoms with E-state index in [4.69, 9.17) is 9.47 Å². The van der Waals surface area contributed by atoms with Crippen molar-refractivity contribution in [3.8, 4) is 11.5 Å². The molecule has 4 nitrogen and oxygen atoms in total. The van der Waals surface area contributed by atoms with Crippen molar-refractivity contribution in [3.05, 3.63) is 53.6 Å². The average molecular weight is 405 g/mol. The van der Waals surface area contributed by atoms with Crippen LogP contribution in [0.2, 0.25) is 0 Å². The highest BCUT2D eigenvalue weighted by atomic mass is 35.5. The fraction of sp³-hybridized carbons (Fsp3) is 0.478. The highest BCUT2D eigenvalue weighted by Gasteiger charge is 2.17. The lowest BCUT2D eigenvalue weighted by Crippen LogP contribution is -2.47. The second-order valence-corrected chi connectivity index (χ2v) is 7.57. The smallest absolute Gasteiger partial charge is 0.123 e. The van der Waals surface area contributed by atoms with E-state index in [0.717, 1.165) is 50.8 Å². The Morgan fingerprint density at radius 1 is 1.00 bits per heavy atom. The zero-order chi connectivity index (χ0) is 19.2. The van der Waals surface area contributed by atoms with Crippen molar-refractivity contribution in [3.63, 3.8) is 0 Å². The van der Waals surface area contributed by atoms with E-state index in [2.05, 4.69) is 67.0 Å². The first-order chi connectivity index (χ1) is 13.1. The van der Waals surface area contributed by atoms with E-state index in [0.29, 0.717) is 5.92 Å². The summed E-state index contributed by atoms with van der Waals surface area (Å²) >= 11 is 0. The lowest BCUT2D eigenvalue weighted by molar-refractivity contribution is 0.199. The van der Waals surface area contributed by atoms with Crippen LogP contribution in [0.5, 0.6) is 11.5 Å². The molecule has 28 heavy (non-hydrogen) atoms. The topological polar surface area (TPSA) is 24.9 Å². The Kier molecular flexibility index (Phi) is 8.46. The normalized spacial score (nSPS) is 14.7.